The van der Waals surface area contributed by atoms with Gasteiger partial charge in [-0.3, -0.25) is 4.55 Å². The van der Waals surface area contributed by atoms with E-state index in [4.69, 9.17) is 0 Å². The Morgan fingerprint density at radius 1 is 1.04 bits per heavy atom. The van der Waals surface area contributed by atoms with E-state index in [9.17, 15) is 22.9 Å². The summed E-state index contributed by atoms with van der Waals surface area (Å²) < 4.78 is 34.9. The SMILES string of the molecule is CCC([n+]1c2ccccc2c(C(=O)O)c2ccccc21)S(=O)(=O)O. The van der Waals surface area contributed by atoms with Crippen LogP contribution in [0.3, 0.4) is 0 Å². The molecule has 0 radical (unpaired) electrons. The molecule has 0 spiro atoms. The summed E-state index contributed by atoms with van der Waals surface area (Å²) in [6, 6.07) is 13.4. The topological polar surface area (TPSA) is 95.5 Å². The molecule has 0 saturated carbocycles. The van der Waals surface area contributed by atoms with Crippen molar-refractivity contribution in [1.29, 1.82) is 0 Å². The molecule has 1 unspecified atom stereocenters. The molecule has 6 nitrogen and oxygen atoms in total. The van der Waals surface area contributed by atoms with Crippen molar-refractivity contribution in [3.63, 3.8) is 0 Å². The first kappa shape index (κ1) is 16.4. The van der Waals surface area contributed by atoms with Gasteiger partial charge in [0.1, 0.15) is 0 Å². The Balaban J connectivity index is 2.62. The molecule has 0 amide bonds. The van der Waals surface area contributed by atoms with E-state index in [1.165, 1.54) is 4.57 Å². The maximum atomic E-state index is 11.9. The lowest BCUT2D eigenvalue weighted by molar-refractivity contribution is -0.651. The normalized spacial score (nSPS) is 13.2. The number of pyridine rings is 1. The molecule has 0 bridgehead atoms. The van der Waals surface area contributed by atoms with Gasteiger partial charge in [0.05, 0.1) is 16.3 Å². The maximum Gasteiger partial charge on any atom is 0.337 e. The highest BCUT2D eigenvalue weighted by Gasteiger charge is 2.35. The highest BCUT2D eigenvalue weighted by Crippen LogP contribution is 2.27. The van der Waals surface area contributed by atoms with Gasteiger partial charge in [0, 0.05) is 18.6 Å². The van der Waals surface area contributed by atoms with Crippen LogP contribution in [-0.4, -0.2) is 24.0 Å². The summed E-state index contributed by atoms with van der Waals surface area (Å²) >= 11 is 0. The minimum atomic E-state index is -4.37. The number of carbonyl (C=O) groups is 1. The Bertz CT molecular complexity index is 1000. The Labute approximate surface area is 138 Å². The number of nitrogens with zero attached hydrogens (tertiary/aromatic N) is 1. The highest BCUT2D eigenvalue weighted by molar-refractivity contribution is 7.85. The third kappa shape index (κ3) is 2.51. The first-order valence-electron chi connectivity index (χ1n) is 7.40. The van der Waals surface area contributed by atoms with Crippen molar-refractivity contribution in [2.75, 3.05) is 0 Å². The number of hydrogen-bond acceptors (Lipinski definition) is 3. The van der Waals surface area contributed by atoms with Gasteiger partial charge in [0.2, 0.25) is 11.0 Å². The summed E-state index contributed by atoms with van der Waals surface area (Å²) in [7, 11) is -4.37. The molecule has 124 valence electrons. The molecule has 7 heteroatoms. The first-order valence-corrected chi connectivity index (χ1v) is 8.91. The number of aromatic carboxylic acids is 1. The van der Waals surface area contributed by atoms with Gasteiger partial charge in [-0.05, 0) is 12.1 Å². The number of benzene rings is 2. The number of carboxylic acids is 1. The van der Waals surface area contributed by atoms with Gasteiger partial charge < -0.3 is 5.11 Å². The lowest BCUT2D eigenvalue weighted by Crippen LogP contribution is -2.45. The van der Waals surface area contributed by atoms with Crippen molar-refractivity contribution in [3.8, 4) is 0 Å². The molecule has 2 aromatic carbocycles. The van der Waals surface area contributed by atoms with Gasteiger partial charge in [0.15, 0.2) is 0 Å². The van der Waals surface area contributed by atoms with Crippen LogP contribution in [0.25, 0.3) is 21.8 Å². The minimum absolute atomic E-state index is 0.114. The van der Waals surface area contributed by atoms with Crippen LogP contribution in [0.1, 0.15) is 29.1 Å². The lowest BCUT2D eigenvalue weighted by atomic mass is 10.0. The van der Waals surface area contributed by atoms with Crippen LogP contribution >= 0.6 is 0 Å². The number of fused-ring (bicyclic) bond motifs is 2. The largest absolute Gasteiger partial charge is 0.478 e. The van der Waals surface area contributed by atoms with Crippen LogP contribution in [0.2, 0.25) is 0 Å². The van der Waals surface area contributed by atoms with Gasteiger partial charge in [0.25, 0.3) is 5.37 Å². The summed E-state index contributed by atoms with van der Waals surface area (Å²) in [6.45, 7) is 1.65. The zero-order valence-corrected chi connectivity index (χ0v) is 13.7. The number of carboxylic acid groups (broad SMARTS) is 1. The zero-order chi connectivity index (χ0) is 17.5. The molecule has 1 atom stereocenters. The van der Waals surface area contributed by atoms with Crippen molar-refractivity contribution >= 4 is 37.9 Å². The predicted octanol–water partition coefficient (Wildman–Crippen LogP) is 2.78. The van der Waals surface area contributed by atoms with Gasteiger partial charge in [-0.15, -0.1) is 0 Å². The predicted molar refractivity (Wildman–Crippen MR) is 89.5 cm³/mol. The molecule has 1 heterocycles. The standard InChI is InChI=1S/C17H15NO5S/c1-2-15(24(21,22)23)18-13-9-5-3-7-11(13)16(17(19)20)12-8-4-6-10-14(12)18/h3-10,15H,2H2,1H3,(H-,19,20,21,22,23)/p+1. The molecule has 3 aromatic rings. The van der Waals surface area contributed by atoms with E-state index in [-0.39, 0.29) is 12.0 Å². The lowest BCUT2D eigenvalue weighted by Gasteiger charge is -2.14. The number of aromatic nitrogens is 1. The fraction of sp³-hybridized carbons (Fsp3) is 0.176. The Morgan fingerprint density at radius 2 is 1.50 bits per heavy atom. The fourth-order valence-corrected chi connectivity index (χ4v) is 4.05. The minimum Gasteiger partial charge on any atom is -0.478 e. The van der Waals surface area contributed by atoms with Crippen molar-refractivity contribution in [3.05, 3.63) is 54.1 Å². The molecular formula is C17H16NO5S+. The van der Waals surface area contributed by atoms with E-state index in [1.807, 2.05) is 0 Å². The maximum absolute atomic E-state index is 11.9. The quantitative estimate of drug-likeness (QED) is 0.430. The van der Waals surface area contributed by atoms with E-state index < -0.39 is 21.5 Å². The summed E-state index contributed by atoms with van der Waals surface area (Å²) in [4.78, 5) is 11.8. The van der Waals surface area contributed by atoms with Gasteiger partial charge in [-0.1, -0.05) is 31.2 Å². The summed E-state index contributed by atoms with van der Waals surface area (Å²) in [6.07, 6.45) is 0.143. The van der Waals surface area contributed by atoms with Gasteiger partial charge in [-0.25, -0.2) is 4.79 Å². The van der Waals surface area contributed by atoms with Crippen molar-refractivity contribution in [2.24, 2.45) is 0 Å². The van der Waals surface area contributed by atoms with Gasteiger partial charge in [-0.2, -0.15) is 13.0 Å². The molecule has 0 aliphatic rings. The second kappa shape index (κ2) is 5.85. The molecule has 1 aromatic heterocycles. The summed E-state index contributed by atoms with van der Waals surface area (Å²) in [5.41, 5.74) is 0.999. The second-order valence-electron chi connectivity index (χ2n) is 5.46. The van der Waals surface area contributed by atoms with Crippen LogP contribution in [0.5, 0.6) is 0 Å². The van der Waals surface area contributed by atoms with E-state index in [2.05, 4.69) is 0 Å². The smallest absolute Gasteiger partial charge is 0.337 e. The van der Waals surface area contributed by atoms with E-state index in [0.29, 0.717) is 21.8 Å². The average Bonchev–Trinajstić information content (AvgIpc) is 2.53. The fourth-order valence-electron chi connectivity index (χ4n) is 3.13. The monoisotopic (exact) mass is 346 g/mol. The molecule has 0 aliphatic heterocycles. The molecule has 0 aliphatic carbocycles. The van der Waals surface area contributed by atoms with Crippen LogP contribution in [0.15, 0.2) is 48.5 Å². The number of para-hydroxylation sites is 2. The summed E-state index contributed by atoms with van der Waals surface area (Å²) in [5.74, 6) is -1.09. The van der Waals surface area contributed by atoms with Crippen molar-refractivity contribution < 1.29 is 27.4 Å². The molecular weight excluding hydrogens is 330 g/mol. The van der Waals surface area contributed by atoms with E-state index in [1.54, 1.807) is 55.5 Å². The molecule has 2 N–H and O–H groups in total. The second-order valence-corrected chi connectivity index (χ2v) is 7.04. The average molecular weight is 346 g/mol. The van der Waals surface area contributed by atoms with Crippen molar-refractivity contribution in [2.45, 2.75) is 18.7 Å². The van der Waals surface area contributed by atoms with E-state index >= 15 is 0 Å². The van der Waals surface area contributed by atoms with Crippen molar-refractivity contribution in [1.82, 2.24) is 0 Å². The van der Waals surface area contributed by atoms with Gasteiger partial charge >= 0.3 is 16.1 Å². The molecule has 24 heavy (non-hydrogen) atoms. The number of rotatable bonds is 4. The van der Waals surface area contributed by atoms with Crippen LogP contribution < -0.4 is 4.57 Å². The van der Waals surface area contributed by atoms with E-state index in [0.717, 1.165) is 0 Å². The highest BCUT2D eigenvalue weighted by atomic mass is 32.2. The Kier molecular flexibility index (Phi) is 3.98. The van der Waals surface area contributed by atoms with Crippen LogP contribution in [0.4, 0.5) is 0 Å². The first-order chi connectivity index (χ1) is 11.4. The number of hydrogen-bond donors (Lipinski definition) is 2. The van der Waals surface area contributed by atoms with Crippen LogP contribution in [0, 0.1) is 0 Å². The Morgan fingerprint density at radius 3 is 1.88 bits per heavy atom. The third-order valence-corrected chi connectivity index (χ3v) is 5.29. The van der Waals surface area contributed by atoms with Crippen LogP contribution in [-0.2, 0) is 10.1 Å². The summed E-state index contributed by atoms with van der Waals surface area (Å²) in [5, 5.41) is 9.30. The zero-order valence-electron chi connectivity index (χ0n) is 12.9. The molecule has 3 rings (SSSR count). The molecule has 0 fully saturated rings. The molecule has 0 saturated heterocycles. The Hall–Kier alpha value is -2.51. The third-order valence-electron chi connectivity index (χ3n) is 4.06.